The number of hydrogen-bond donors (Lipinski definition) is 0. The molecule has 0 aliphatic carbocycles. The first-order valence-corrected chi connectivity index (χ1v) is 7.84. The quantitative estimate of drug-likeness (QED) is 0.481. The van der Waals surface area contributed by atoms with Crippen molar-refractivity contribution in [1.29, 1.82) is 0 Å². The predicted octanol–water partition coefficient (Wildman–Crippen LogP) is 5.70. The molecule has 2 heterocycles. The van der Waals surface area contributed by atoms with Gasteiger partial charge in [0.05, 0.1) is 11.2 Å². The molecular weight excluding hydrogens is 318 g/mol. The highest BCUT2D eigenvalue weighted by atomic mass is 19.3. The van der Waals surface area contributed by atoms with E-state index < -0.39 is 6.43 Å². The van der Waals surface area contributed by atoms with Crippen molar-refractivity contribution < 1.29 is 8.78 Å². The van der Waals surface area contributed by atoms with Gasteiger partial charge in [-0.05, 0) is 23.8 Å². The first kappa shape index (κ1) is 15.4. The molecule has 2 aromatic heterocycles. The Morgan fingerprint density at radius 3 is 2.36 bits per heavy atom. The van der Waals surface area contributed by atoms with Crippen LogP contribution in [0.15, 0.2) is 72.9 Å². The Hall–Kier alpha value is -3.14. The van der Waals surface area contributed by atoms with Gasteiger partial charge in [0.15, 0.2) is 0 Å². The van der Waals surface area contributed by atoms with E-state index in [-0.39, 0.29) is 5.69 Å². The zero-order valence-electron chi connectivity index (χ0n) is 13.2. The molecule has 0 bridgehead atoms. The fourth-order valence-electron chi connectivity index (χ4n) is 2.89. The molecule has 4 aromatic rings. The van der Waals surface area contributed by atoms with Crippen molar-refractivity contribution in [3.05, 3.63) is 84.7 Å². The SMILES string of the molecule is FC(F)c1nccc2nc(-c3cc[c]cc3)c(-c3ccccc3)cc12. The zero-order chi connectivity index (χ0) is 17.2. The lowest BCUT2D eigenvalue weighted by atomic mass is 9.97. The smallest absolute Gasteiger partial charge is 0.254 e. The number of aromatic nitrogens is 2. The number of fused-ring (bicyclic) bond motifs is 1. The van der Waals surface area contributed by atoms with Crippen LogP contribution >= 0.6 is 0 Å². The second-order valence-corrected chi connectivity index (χ2v) is 5.60. The number of hydrogen-bond acceptors (Lipinski definition) is 2. The molecular formula is C21H13F2N2. The monoisotopic (exact) mass is 331 g/mol. The first-order chi connectivity index (χ1) is 12.2. The third-order valence-electron chi connectivity index (χ3n) is 4.06. The molecule has 2 aromatic carbocycles. The normalized spacial score (nSPS) is 11.2. The van der Waals surface area contributed by atoms with E-state index in [1.807, 2.05) is 54.6 Å². The number of nitrogens with zero attached hydrogens (tertiary/aromatic N) is 2. The lowest BCUT2D eigenvalue weighted by Gasteiger charge is -2.13. The lowest BCUT2D eigenvalue weighted by Crippen LogP contribution is -1.96. The Morgan fingerprint density at radius 1 is 0.880 bits per heavy atom. The molecule has 25 heavy (non-hydrogen) atoms. The largest absolute Gasteiger partial charge is 0.281 e. The molecule has 0 unspecified atom stereocenters. The summed E-state index contributed by atoms with van der Waals surface area (Å²) in [5, 5.41) is 0.377. The summed E-state index contributed by atoms with van der Waals surface area (Å²) < 4.78 is 26.7. The molecule has 121 valence electrons. The van der Waals surface area contributed by atoms with Gasteiger partial charge >= 0.3 is 0 Å². The molecule has 4 heteroatoms. The predicted molar refractivity (Wildman–Crippen MR) is 94.2 cm³/mol. The molecule has 2 nitrogen and oxygen atoms in total. The fraction of sp³-hybridized carbons (Fsp3) is 0.0476. The highest BCUT2D eigenvalue weighted by molar-refractivity contribution is 5.92. The summed E-state index contributed by atoms with van der Waals surface area (Å²) in [7, 11) is 0. The van der Waals surface area contributed by atoms with Crippen LogP contribution in [0.2, 0.25) is 0 Å². The van der Waals surface area contributed by atoms with Gasteiger partial charge in [-0.3, -0.25) is 4.98 Å². The van der Waals surface area contributed by atoms with Crippen LogP contribution in [0.5, 0.6) is 0 Å². The third kappa shape index (κ3) is 2.87. The molecule has 0 N–H and O–H groups in total. The fourth-order valence-corrected chi connectivity index (χ4v) is 2.89. The summed E-state index contributed by atoms with van der Waals surface area (Å²) in [4.78, 5) is 8.53. The summed E-state index contributed by atoms with van der Waals surface area (Å²) in [6, 6.07) is 23.5. The number of benzene rings is 2. The summed E-state index contributed by atoms with van der Waals surface area (Å²) in [5.41, 5.74) is 3.65. The van der Waals surface area contributed by atoms with Crippen molar-refractivity contribution in [3.8, 4) is 22.4 Å². The van der Waals surface area contributed by atoms with Gasteiger partial charge in [-0.15, -0.1) is 0 Å². The Bertz CT molecular complexity index is 1020. The van der Waals surface area contributed by atoms with Gasteiger partial charge in [0.1, 0.15) is 5.69 Å². The molecule has 0 aliphatic rings. The zero-order valence-corrected chi connectivity index (χ0v) is 13.2. The Kier molecular flexibility index (Phi) is 3.94. The highest BCUT2D eigenvalue weighted by Crippen LogP contribution is 2.35. The third-order valence-corrected chi connectivity index (χ3v) is 4.06. The van der Waals surface area contributed by atoms with Crippen LogP contribution in [0.3, 0.4) is 0 Å². The summed E-state index contributed by atoms with van der Waals surface area (Å²) in [6.45, 7) is 0. The summed E-state index contributed by atoms with van der Waals surface area (Å²) in [5.74, 6) is 0. The summed E-state index contributed by atoms with van der Waals surface area (Å²) in [6.07, 6.45) is -1.27. The van der Waals surface area contributed by atoms with Gasteiger partial charge in [-0.2, -0.15) is 0 Å². The van der Waals surface area contributed by atoms with E-state index in [2.05, 4.69) is 16.0 Å². The topological polar surface area (TPSA) is 25.8 Å². The van der Waals surface area contributed by atoms with Gasteiger partial charge < -0.3 is 0 Å². The van der Waals surface area contributed by atoms with Crippen molar-refractivity contribution in [3.63, 3.8) is 0 Å². The molecule has 0 spiro atoms. The van der Waals surface area contributed by atoms with Crippen LogP contribution in [0.4, 0.5) is 8.78 Å². The van der Waals surface area contributed by atoms with E-state index in [1.54, 1.807) is 12.1 Å². The van der Waals surface area contributed by atoms with Gasteiger partial charge in [-0.25, -0.2) is 13.8 Å². The van der Waals surface area contributed by atoms with E-state index in [1.165, 1.54) is 6.20 Å². The first-order valence-electron chi connectivity index (χ1n) is 7.84. The minimum Gasteiger partial charge on any atom is -0.254 e. The highest BCUT2D eigenvalue weighted by Gasteiger charge is 2.17. The van der Waals surface area contributed by atoms with E-state index >= 15 is 0 Å². The molecule has 0 amide bonds. The van der Waals surface area contributed by atoms with Gasteiger partial charge in [0.2, 0.25) is 0 Å². The van der Waals surface area contributed by atoms with Crippen molar-refractivity contribution in [1.82, 2.24) is 9.97 Å². The van der Waals surface area contributed by atoms with Crippen molar-refractivity contribution in [2.24, 2.45) is 0 Å². The van der Waals surface area contributed by atoms with Crippen molar-refractivity contribution in [2.45, 2.75) is 6.43 Å². The lowest BCUT2D eigenvalue weighted by molar-refractivity contribution is 0.148. The second-order valence-electron chi connectivity index (χ2n) is 5.60. The van der Waals surface area contributed by atoms with Crippen LogP contribution in [0.1, 0.15) is 12.1 Å². The maximum Gasteiger partial charge on any atom is 0.281 e. The minimum absolute atomic E-state index is 0.241. The maximum atomic E-state index is 13.4. The van der Waals surface area contributed by atoms with E-state index in [0.29, 0.717) is 10.9 Å². The van der Waals surface area contributed by atoms with Crippen LogP contribution < -0.4 is 0 Å². The summed E-state index contributed by atoms with van der Waals surface area (Å²) >= 11 is 0. The Labute approximate surface area is 143 Å². The van der Waals surface area contributed by atoms with Gasteiger partial charge in [-0.1, -0.05) is 54.6 Å². The molecule has 0 saturated carbocycles. The van der Waals surface area contributed by atoms with Gasteiger partial charge in [0, 0.05) is 22.7 Å². The van der Waals surface area contributed by atoms with Crippen molar-refractivity contribution in [2.75, 3.05) is 0 Å². The average Bonchev–Trinajstić information content (AvgIpc) is 2.67. The maximum absolute atomic E-state index is 13.4. The van der Waals surface area contributed by atoms with Crippen molar-refractivity contribution >= 4 is 10.9 Å². The molecule has 1 radical (unpaired) electrons. The molecule has 4 rings (SSSR count). The number of pyridine rings is 2. The number of rotatable bonds is 3. The van der Waals surface area contributed by atoms with Crippen LogP contribution in [0, 0.1) is 6.07 Å². The van der Waals surface area contributed by atoms with E-state index in [0.717, 1.165) is 22.4 Å². The second kappa shape index (κ2) is 6.40. The van der Waals surface area contributed by atoms with Crippen LogP contribution in [0.25, 0.3) is 33.3 Å². The Morgan fingerprint density at radius 2 is 1.64 bits per heavy atom. The van der Waals surface area contributed by atoms with Gasteiger partial charge in [0.25, 0.3) is 6.43 Å². The van der Waals surface area contributed by atoms with Crippen LogP contribution in [-0.4, -0.2) is 9.97 Å². The molecule has 0 atom stereocenters. The molecule has 0 fully saturated rings. The molecule has 0 aliphatic heterocycles. The van der Waals surface area contributed by atoms with Crippen LogP contribution in [-0.2, 0) is 0 Å². The van der Waals surface area contributed by atoms with E-state index in [4.69, 9.17) is 0 Å². The Balaban J connectivity index is 2.06. The average molecular weight is 331 g/mol. The number of halogens is 2. The molecule has 0 saturated heterocycles. The number of alkyl halides is 2. The standard InChI is InChI=1S/C21H13F2N2/c22-21(23)20-17-13-16(14-7-3-1-4-8-14)19(15-9-5-2-6-10-15)25-18(17)11-12-24-20/h1,3-13,21H. The van der Waals surface area contributed by atoms with E-state index in [9.17, 15) is 8.78 Å². The minimum atomic E-state index is -2.65.